The highest BCUT2D eigenvalue weighted by molar-refractivity contribution is 9.10. The molecule has 5 rings (SSSR count). The molecule has 0 N–H and O–H groups in total. The van der Waals surface area contributed by atoms with Crippen molar-refractivity contribution in [2.75, 3.05) is 6.61 Å². The van der Waals surface area contributed by atoms with Gasteiger partial charge in [-0.3, -0.25) is 9.59 Å². The number of halogens is 1. The van der Waals surface area contributed by atoms with Crippen LogP contribution in [-0.2, 0) is 16.2 Å². The van der Waals surface area contributed by atoms with Gasteiger partial charge in [-0.25, -0.2) is 0 Å². The second-order valence-corrected chi connectivity index (χ2v) is 9.63. The van der Waals surface area contributed by atoms with Crippen LogP contribution in [0.3, 0.4) is 0 Å². The summed E-state index contributed by atoms with van der Waals surface area (Å²) in [5.74, 6) is 0.599. The lowest BCUT2D eigenvalue weighted by Crippen LogP contribution is -2.28. The third kappa shape index (κ3) is 3.99. The summed E-state index contributed by atoms with van der Waals surface area (Å²) in [6.45, 7) is 4.82. The van der Waals surface area contributed by atoms with Gasteiger partial charge in [-0.2, -0.15) is 10.1 Å². The Morgan fingerprint density at radius 2 is 1.82 bits per heavy atom. The van der Waals surface area contributed by atoms with Gasteiger partial charge in [-0.15, -0.1) is 0 Å². The van der Waals surface area contributed by atoms with Crippen LogP contribution in [-0.4, -0.2) is 29.6 Å². The Morgan fingerprint density at radius 3 is 2.48 bits per heavy atom. The molecule has 170 valence electrons. The molecule has 2 amide bonds. The molecule has 0 unspecified atom stereocenters. The van der Waals surface area contributed by atoms with Gasteiger partial charge >= 0.3 is 0 Å². The Labute approximate surface area is 201 Å². The molecule has 1 saturated heterocycles. The molecule has 0 spiro atoms. The Bertz CT molecular complexity index is 1140. The summed E-state index contributed by atoms with van der Waals surface area (Å²) in [6, 6.07) is 11.8. The largest absolute Gasteiger partial charge is 0.490 e. The van der Waals surface area contributed by atoms with Crippen molar-refractivity contribution in [1.29, 1.82) is 0 Å². The third-order valence-electron chi connectivity index (χ3n) is 6.57. The highest BCUT2D eigenvalue weighted by atomic mass is 79.9. The number of nitrogens with zero attached hydrogens (tertiary/aromatic N) is 2. The van der Waals surface area contributed by atoms with Crippen molar-refractivity contribution < 1.29 is 19.1 Å². The van der Waals surface area contributed by atoms with E-state index in [0.29, 0.717) is 34.7 Å². The van der Waals surface area contributed by atoms with Gasteiger partial charge in [0.15, 0.2) is 11.5 Å². The van der Waals surface area contributed by atoms with Crippen molar-refractivity contribution in [3.05, 3.63) is 69.7 Å². The molecule has 6 nitrogen and oxygen atoms in total. The van der Waals surface area contributed by atoms with Crippen molar-refractivity contribution >= 4 is 34.0 Å². The van der Waals surface area contributed by atoms with E-state index >= 15 is 0 Å². The van der Waals surface area contributed by atoms with Gasteiger partial charge in [0.1, 0.15) is 6.61 Å². The van der Waals surface area contributed by atoms with Gasteiger partial charge in [0.05, 0.1) is 29.1 Å². The van der Waals surface area contributed by atoms with E-state index in [9.17, 15) is 9.59 Å². The summed E-state index contributed by atoms with van der Waals surface area (Å²) in [7, 11) is 0. The summed E-state index contributed by atoms with van der Waals surface area (Å²) >= 11 is 3.57. The van der Waals surface area contributed by atoms with Crippen molar-refractivity contribution in [1.82, 2.24) is 5.01 Å². The summed E-state index contributed by atoms with van der Waals surface area (Å²) in [4.78, 5) is 25.7. The Balaban J connectivity index is 1.35. The van der Waals surface area contributed by atoms with E-state index in [1.807, 2.05) is 38.1 Å². The summed E-state index contributed by atoms with van der Waals surface area (Å²) in [6.07, 6.45) is 6.58. The zero-order valence-electron chi connectivity index (χ0n) is 18.5. The average molecular weight is 509 g/mol. The molecule has 2 aromatic rings. The molecular weight excluding hydrogens is 484 g/mol. The zero-order chi connectivity index (χ0) is 23.1. The predicted octanol–water partition coefficient (Wildman–Crippen LogP) is 4.88. The third-order valence-corrected chi connectivity index (χ3v) is 7.16. The molecule has 3 aliphatic rings. The van der Waals surface area contributed by atoms with E-state index in [4.69, 9.17) is 9.47 Å². The molecule has 1 heterocycles. The van der Waals surface area contributed by atoms with Crippen molar-refractivity contribution in [2.24, 2.45) is 28.8 Å². The van der Waals surface area contributed by atoms with Crippen LogP contribution in [0.5, 0.6) is 11.5 Å². The van der Waals surface area contributed by atoms with Gasteiger partial charge in [-0.05, 0) is 71.3 Å². The zero-order valence-corrected chi connectivity index (χ0v) is 20.1. The molecule has 1 aliphatic heterocycles. The van der Waals surface area contributed by atoms with Crippen molar-refractivity contribution in [2.45, 2.75) is 26.9 Å². The number of hydrogen-bond donors (Lipinski definition) is 0. The Hall–Kier alpha value is -2.93. The van der Waals surface area contributed by atoms with Crippen LogP contribution in [0.2, 0.25) is 0 Å². The van der Waals surface area contributed by atoms with Crippen molar-refractivity contribution in [3.63, 3.8) is 0 Å². The van der Waals surface area contributed by atoms with Crippen LogP contribution >= 0.6 is 15.9 Å². The lowest BCUT2D eigenvalue weighted by molar-refractivity contribution is -0.140. The van der Waals surface area contributed by atoms with Gasteiger partial charge in [-0.1, -0.05) is 42.0 Å². The van der Waals surface area contributed by atoms with Gasteiger partial charge < -0.3 is 9.47 Å². The lowest BCUT2D eigenvalue weighted by atomic mass is 9.85. The van der Waals surface area contributed by atoms with E-state index in [1.165, 1.54) is 11.8 Å². The first-order chi connectivity index (χ1) is 16.0. The SMILES string of the molecule is CCOc1cc(C=NN2C(=O)[C@@H]3[C@H](C2=O)[C@H]2C=C[C@H]3C2)cc(Br)c1OCc1cccc(C)c1. The summed E-state index contributed by atoms with van der Waals surface area (Å²) < 4.78 is 12.6. The fourth-order valence-corrected chi connectivity index (χ4v) is 5.72. The highest BCUT2D eigenvalue weighted by Crippen LogP contribution is 2.52. The Morgan fingerprint density at radius 1 is 1.09 bits per heavy atom. The molecule has 2 aliphatic carbocycles. The van der Waals surface area contributed by atoms with Crippen LogP contribution in [0.4, 0.5) is 0 Å². The smallest absolute Gasteiger partial charge is 0.254 e. The van der Waals surface area contributed by atoms with E-state index < -0.39 is 0 Å². The van der Waals surface area contributed by atoms with E-state index in [-0.39, 0.29) is 35.5 Å². The van der Waals surface area contributed by atoms with E-state index in [1.54, 1.807) is 6.07 Å². The molecule has 2 bridgehead atoms. The molecule has 33 heavy (non-hydrogen) atoms. The minimum Gasteiger partial charge on any atom is -0.490 e. The second-order valence-electron chi connectivity index (χ2n) is 8.77. The number of carbonyl (C=O) groups is 2. The summed E-state index contributed by atoms with van der Waals surface area (Å²) in [5.41, 5.74) is 2.94. The number of imide groups is 1. The minimum atomic E-state index is -0.257. The fourth-order valence-electron chi connectivity index (χ4n) is 5.15. The number of rotatable bonds is 7. The normalized spacial score (nSPS) is 25.4. The topological polar surface area (TPSA) is 68.2 Å². The number of carbonyl (C=O) groups excluding carboxylic acids is 2. The number of ether oxygens (including phenoxy) is 2. The molecule has 7 heteroatoms. The van der Waals surface area contributed by atoms with Gasteiger partial charge in [0.2, 0.25) is 0 Å². The monoisotopic (exact) mass is 508 g/mol. The quantitative estimate of drug-likeness (QED) is 0.303. The Kier molecular flexibility index (Phi) is 5.83. The first-order valence-electron chi connectivity index (χ1n) is 11.2. The van der Waals surface area contributed by atoms with Gasteiger partial charge in [0.25, 0.3) is 11.8 Å². The van der Waals surface area contributed by atoms with Crippen molar-refractivity contribution in [3.8, 4) is 11.5 Å². The number of hydrazone groups is 1. The number of fused-ring (bicyclic) bond motifs is 5. The molecule has 0 radical (unpaired) electrons. The number of amides is 2. The second kappa shape index (κ2) is 8.78. The first-order valence-corrected chi connectivity index (χ1v) is 12.0. The lowest BCUT2D eigenvalue weighted by Gasteiger charge is -2.15. The standard InChI is InChI=1S/C26H25BrN2O4/c1-3-32-21-11-17(10-20(27)24(21)33-14-16-6-4-5-15(2)9-16)13-28-29-25(30)22-18-7-8-19(12-18)23(22)26(29)31/h4-11,13,18-19,22-23H,3,12,14H2,1-2H3/t18-,19-,22-,23+/m0/s1. The minimum absolute atomic E-state index is 0.167. The van der Waals surface area contributed by atoms with E-state index in [0.717, 1.165) is 17.0 Å². The molecular formula is C26H25BrN2O4. The predicted molar refractivity (Wildman–Crippen MR) is 128 cm³/mol. The van der Waals surface area contributed by atoms with Crippen LogP contribution in [0.15, 0.2) is 58.1 Å². The number of hydrogen-bond acceptors (Lipinski definition) is 5. The maximum atomic E-state index is 12.8. The van der Waals surface area contributed by atoms with Crippen LogP contribution < -0.4 is 9.47 Å². The van der Waals surface area contributed by atoms with Crippen LogP contribution in [0.1, 0.15) is 30.0 Å². The molecule has 2 aromatic carbocycles. The summed E-state index contributed by atoms with van der Waals surface area (Å²) in [5, 5.41) is 5.33. The highest BCUT2D eigenvalue weighted by Gasteiger charge is 2.59. The van der Waals surface area contributed by atoms with Crippen LogP contribution in [0, 0.1) is 30.6 Å². The fraction of sp³-hybridized carbons (Fsp3) is 0.346. The first kappa shape index (κ1) is 21.9. The van der Waals surface area contributed by atoms with E-state index in [2.05, 4.69) is 39.2 Å². The van der Waals surface area contributed by atoms with Crippen LogP contribution in [0.25, 0.3) is 0 Å². The molecule has 0 aromatic heterocycles. The number of aryl methyl sites for hydroxylation is 1. The number of allylic oxidation sites excluding steroid dienone is 2. The maximum Gasteiger partial charge on any atom is 0.254 e. The van der Waals surface area contributed by atoms with Gasteiger partial charge in [0, 0.05) is 0 Å². The average Bonchev–Trinajstić information content (AvgIpc) is 3.46. The number of benzene rings is 2. The molecule has 4 atom stereocenters. The molecule has 2 fully saturated rings. The molecule has 1 saturated carbocycles. The maximum absolute atomic E-state index is 12.8.